The molecule has 1 aliphatic rings. The van der Waals surface area contributed by atoms with Crippen LogP contribution in [0.4, 0.5) is 11.4 Å². The van der Waals surface area contributed by atoms with Gasteiger partial charge in [-0.3, -0.25) is 15.0 Å². The molecule has 1 fully saturated rings. The van der Waals surface area contributed by atoms with Crippen molar-refractivity contribution < 1.29 is 9.59 Å². The predicted octanol–water partition coefficient (Wildman–Crippen LogP) is 4.43. The Morgan fingerprint density at radius 3 is 2.41 bits per heavy atom. The zero-order valence-electron chi connectivity index (χ0n) is 20.2. The molecule has 2 unspecified atom stereocenters. The standard InChI is InChI=1S/C27H36N5O2/c1-4-17-31(25(33)9-6-16-30-23-14-12-21(13-15-23)26(28)29)24-8-5-7-22(18-24)27(34)32-19(2)10-11-20(32)3/h5,7-8,12-15,18-20,30H,1,4,6,9-11,16-17H2,2-3H3,(H3,28,29)/q-1. The number of amides is 2. The van der Waals surface area contributed by atoms with E-state index < -0.39 is 0 Å². The molecule has 0 aliphatic carbocycles. The van der Waals surface area contributed by atoms with E-state index in [9.17, 15) is 9.59 Å². The van der Waals surface area contributed by atoms with Crippen LogP contribution in [0.2, 0.25) is 0 Å². The first-order valence-corrected chi connectivity index (χ1v) is 12.0. The molecule has 2 amide bonds. The normalized spacial score (nSPS) is 17.4. The highest BCUT2D eigenvalue weighted by Gasteiger charge is 2.32. The van der Waals surface area contributed by atoms with Crippen molar-refractivity contribution in [3.05, 3.63) is 66.6 Å². The van der Waals surface area contributed by atoms with Crippen molar-refractivity contribution >= 4 is 29.0 Å². The SMILES string of the molecule is [CH2-]CCN(C(=O)CCCNc1ccc(C(=N)N)cc1)c1cccc(C(=O)N2C(C)CCC2C)c1. The largest absolute Gasteiger partial charge is 0.385 e. The lowest BCUT2D eigenvalue weighted by Crippen LogP contribution is -2.38. The average Bonchev–Trinajstić information content (AvgIpc) is 3.17. The fraction of sp³-hybridized carbons (Fsp3) is 0.407. The molecule has 0 saturated carbocycles. The number of nitrogens with one attached hydrogen (secondary N) is 2. The molecule has 4 N–H and O–H groups in total. The first-order chi connectivity index (χ1) is 16.3. The second kappa shape index (κ2) is 11.7. The predicted molar refractivity (Wildman–Crippen MR) is 138 cm³/mol. The maximum Gasteiger partial charge on any atom is 0.254 e. The van der Waals surface area contributed by atoms with Crippen LogP contribution < -0.4 is 16.0 Å². The van der Waals surface area contributed by atoms with Gasteiger partial charge in [0.25, 0.3) is 5.91 Å². The van der Waals surface area contributed by atoms with Crippen molar-refractivity contribution in [3.63, 3.8) is 0 Å². The Bertz CT molecular complexity index is 994. The summed E-state index contributed by atoms with van der Waals surface area (Å²) in [7, 11) is 0. The van der Waals surface area contributed by atoms with Crippen LogP contribution in [0.25, 0.3) is 0 Å². The van der Waals surface area contributed by atoms with Crippen molar-refractivity contribution in [3.8, 4) is 0 Å². The smallest absolute Gasteiger partial charge is 0.254 e. The second-order valence-corrected chi connectivity index (χ2v) is 8.96. The van der Waals surface area contributed by atoms with Gasteiger partial charge in [-0.1, -0.05) is 6.07 Å². The van der Waals surface area contributed by atoms with Crippen LogP contribution in [0.5, 0.6) is 0 Å². The Balaban J connectivity index is 1.60. The molecule has 2 aromatic carbocycles. The summed E-state index contributed by atoms with van der Waals surface area (Å²) >= 11 is 0. The molecule has 0 radical (unpaired) electrons. The lowest BCUT2D eigenvalue weighted by molar-refractivity contribution is -0.118. The number of nitrogens with two attached hydrogens (primary N) is 1. The van der Waals surface area contributed by atoms with Crippen LogP contribution in [0.3, 0.4) is 0 Å². The number of likely N-dealkylation sites (tertiary alicyclic amines) is 1. The number of rotatable bonds is 10. The Hall–Kier alpha value is -3.35. The summed E-state index contributed by atoms with van der Waals surface area (Å²) in [5, 5.41) is 10.7. The number of hydrogen-bond donors (Lipinski definition) is 3. The van der Waals surface area contributed by atoms with Crippen LogP contribution in [0.1, 0.15) is 61.9 Å². The number of carbonyl (C=O) groups is 2. The molecule has 2 aromatic rings. The van der Waals surface area contributed by atoms with Gasteiger partial charge in [0.05, 0.1) is 0 Å². The highest BCUT2D eigenvalue weighted by Crippen LogP contribution is 2.27. The third kappa shape index (κ3) is 6.16. The number of carbonyl (C=O) groups excluding carboxylic acids is 2. The molecule has 0 bridgehead atoms. The summed E-state index contributed by atoms with van der Waals surface area (Å²) in [4.78, 5) is 29.9. The molecular weight excluding hydrogens is 426 g/mol. The average molecular weight is 463 g/mol. The van der Waals surface area contributed by atoms with E-state index in [2.05, 4.69) is 26.1 Å². The van der Waals surface area contributed by atoms with Crippen molar-refractivity contribution in [1.29, 1.82) is 5.41 Å². The van der Waals surface area contributed by atoms with Crippen molar-refractivity contribution in [1.82, 2.24) is 4.90 Å². The van der Waals surface area contributed by atoms with E-state index in [0.717, 1.165) is 24.2 Å². The number of hydrogen-bond acceptors (Lipinski definition) is 4. The number of benzene rings is 2. The monoisotopic (exact) mass is 462 g/mol. The van der Waals surface area contributed by atoms with E-state index in [4.69, 9.17) is 11.1 Å². The van der Waals surface area contributed by atoms with Gasteiger partial charge in [-0.25, -0.2) is 0 Å². The fourth-order valence-electron chi connectivity index (χ4n) is 4.48. The van der Waals surface area contributed by atoms with Crippen LogP contribution in [0, 0.1) is 12.3 Å². The minimum Gasteiger partial charge on any atom is -0.385 e. The van der Waals surface area contributed by atoms with Gasteiger partial charge in [-0.2, -0.15) is 6.42 Å². The van der Waals surface area contributed by atoms with Gasteiger partial charge in [-0.05, 0) is 82.1 Å². The van der Waals surface area contributed by atoms with E-state index in [1.165, 1.54) is 0 Å². The molecule has 7 nitrogen and oxygen atoms in total. The maximum atomic E-state index is 13.2. The summed E-state index contributed by atoms with van der Waals surface area (Å²) in [5.74, 6) is 0.0872. The topological polar surface area (TPSA) is 103 Å². The van der Waals surface area contributed by atoms with Crippen LogP contribution in [-0.4, -0.2) is 47.7 Å². The Morgan fingerprint density at radius 1 is 1.12 bits per heavy atom. The van der Waals surface area contributed by atoms with E-state index in [1.54, 1.807) is 17.0 Å². The van der Waals surface area contributed by atoms with Gasteiger partial charge in [0, 0.05) is 47.6 Å². The van der Waals surface area contributed by atoms with E-state index in [0.29, 0.717) is 43.5 Å². The van der Waals surface area contributed by atoms with Gasteiger partial charge >= 0.3 is 0 Å². The van der Waals surface area contributed by atoms with Crippen LogP contribution >= 0.6 is 0 Å². The molecule has 0 spiro atoms. The summed E-state index contributed by atoms with van der Waals surface area (Å²) in [6.45, 7) is 9.26. The quantitative estimate of drug-likeness (QED) is 0.210. The Labute approximate surface area is 202 Å². The van der Waals surface area contributed by atoms with Gasteiger partial charge in [-0.15, -0.1) is 0 Å². The molecule has 182 valence electrons. The van der Waals surface area contributed by atoms with Crippen molar-refractivity contribution in [2.75, 3.05) is 23.3 Å². The number of nitrogens with zero attached hydrogens (tertiary/aromatic N) is 2. The molecule has 3 rings (SSSR count). The molecule has 1 heterocycles. The van der Waals surface area contributed by atoms with E-state index >= 15 is 0 Å². The first kappa shape index (κ1) is 25.3. The Morgan fingerprint density at radius 2 is 1.79 bits per heavy atom. The van der Waals surface area contributed by atoms with Gasteiger partial charge in [0.2, 0.25) is 5.91 Å². The van der Waals surface area contributed by atoms with Crippen molar-refractivity contribution in [2.45, 2.75) is 58.0 Å². The lowest BCUT2D eigenvalue weighted by Gasteiger charge is -2.28. The molecule has 2 atom stereocenters. The second-order valence-electron chi connectivity index (χ2n) is 8.96. The van der Waals surface area contributed by atoms with E-state index in [1.807, 2.05) is 41.3 Å². The summed E-state index contributed by atoms with van der Waals surface area (Å²) in [6.07, 6.45) is 3.69. The summed E-state index contributed by atoms with van der Waals surface area (Å²) in [6, 6.07) is 15.2. The molecular formula is C27H36N5O2-. The highest BCUT2D eigenvalue weighted by molar-refractivity contribution is 5.98. The van der Waals surface area contributed by atoms with Gasteiger partial charge in [0.15, 0.2) is 0 Å². The maximum absolute atomic E-state index is 13.2. The summed E-state index contributed by atoms with van der Waals surface area (Å²) < 4.78 is 0. The number of anilines is 2. The van der Waals surface area contributed by atoms with E-state index in [-0.39, 0.29) is 29.7 Å². The zero-order chi connectivity index (χ0) is 24.7. The highest BCUT2D eigenvalue weighted by atomic mass is 16.2. The van der Waals surface area contributed by atoms with Gasteiger partial charge in [0.1, 0.15) is 5.84 Å². The number of amidine groups is 1. The molecule has 7 heteroatoms. The molecule has 0 aromatic heterocycles. The zero-order valence-corrected chi connectivity index (χ0v) is 20.2. The number of nitrogen functional groups attached to an aromatic ring is 1. The fourth-order valence-corrected chi connectivity index (χ4v) is 4.48. The third-order valence-corrected chi connectivity index (χ3v) is 6.37. The molecule has 1 saturated heterocycles. The lowest BCUT2D eigenvalue weighted by atomic mass is 10.1. The van der Waals surface area contributed by atoms with Gasteiger partial charge < -0.3 is 27.8 Å². The van der Waals surface area contributed by atoms with Crippen LogP contribution in [0.15, 0.2) is 48.5 Å². The third-order valence-electron chi connectivity index (χ3n) is 6.37. The molecule has 1 aliphatic heterocycles. The van der Waals surface area contributed by atoms with Crippen molar-refractivity contribution in [2.24, 2.45) is 5.73 Å². The minimum absolute atomic E-state index is 0.0184. The first-order valence-electron chi connectivity index (χ1n) is 12.0. The minimum atomic E-state index is 0.0184. The van der Waals surface area contributed by atoms with Crippen LogP contribution in [-0.2, 0) is 4.79 Å². The summed E-state index contributed by atoms with van der Waals surface area (Å²) in [5.41, 5.74) is 8.45. The Kier molecular flexibility index (Phi) is 8.68. The molecule has 34 heavy (non-hydrogen) atoms.